The second-order valence-corrected chi connectivity index (χ2v) is 4.73. The Morgan fingerprint density at radius 2 is 2.15 bits per heavy atom. The van der Waals surface area contributed by atoms with Crippen molar-refractivity contribution in [3.63, 3.8) is 0 Å². The van der Waals surface area contributed by atoms with Gasteiger partial charge in [0, 0.05) is 23.9 Å². The molecule has 0 bridgehead atoms. The zero-order valence-corrected chi connectivity index (χ0v) is 12.5. The summed E-state index contributed by atoms with van der Waals surface area (Å²) in [6, 6.07) is 0. The fourth-order valence-electron chi connectivity index (χ4n) is 2.13. The Morgan fingerprint density at radius 3 is 2.85 bits per heavy atom. The number of rotatable bonds is 6. The molecule has 2 heterocycles. The standard InChI is InChI=1S/C14H21N5O/c1-5-15-7-12-8-19(18-17-12)9-13-11(3)14(20-4)10(2)6-16-13/h6,8,15H,5,7,9H2,1-4H3. The van der Waals surface area contributed by atoms with Gasteiger partial charge in [0.05, 0.1) is 31.2 Å². The molecule has 2 aromatic rings. The zero-order chi connectivity index (χ0) is 14.5. The van der Waals surface area contributed by atoms with Crippen LogP contribution in [0, 0.1) is 13.8 Å². The molecule has 0 aromatic carbocycles. The maximum Gasteiger partial charge on any atom is 0.128 e. The normalized spacial score (nSPS) is 10.8. The van der Waals surface area contributed by atoms with E-state index in [1.165, 1.54) is 0 Å². The molecule has 0 unspecified atom stereocenters. The Morgan fingerprint density at radius 1 is 1.35 bits per heavy atom. The number of nitrogens with zero attached hydrogens (tertiary/aromatic N) is 4. The van der Waals surface area contributed by atoms with Gasteiger partial charge in [-0.1, -0.05) is 12.1 Å². The summed E-state index contributed by atoms with van der Waals surface area (Å²) in [4.78, 5) is 4.47. The fourth-order valence-corrected chi connectivity index (χ4v) is 2.13. The molecule has 0 aliphatic rings. The summed E-state index contributed by atoms with van der Waals surface area (Å²) in [6.07, 6.45) is 3.77. The number of nitrogens with one attached hydrogen (secondary N) is 1. The average Bonchev–Trinajstić information content (AvgIpc) is 2.88. The molecule has 0 aliphatic carbocycles. The monoisotopic (exact) mass is 275 g/mol. The molecule has 0 spiro atoms. The molecular formula is C14H21N5O. The molecule has 0 radical (unpaired) electrons. The predicted octanol–water partition coefficient (Wildman–Crippen LogP) is 1.46. The summed E-state index contributed by atoms with van der Waals surface area (Å²) in [5.74, 6) is 0.892. The van der Waals surface area contributed by atoms with Gasteiger partial charge in [0.15, 0.2) is 0 Å². The van der Waals surface area contributed by atoms with Gasteiger partial charge >= 0.3 is 0 Å². The van der Waals surface area contributed by atoms with E-state index in [1.54, 1.807) is 11.8 Å². The van der Waals surface area contributed by atoms with E-state index in [0.717, 1.165) is 41.4 Å². The van der Waals surface area contributed by atoms with Crippen LogP contribution in [0.5, 0.6) is 5.75 Å². The summed E-state index contributed by atoms with van der Waals surface area (Å²) >= 11 is 0. The molecule has 6 nitrogen and oxygen atoms in total. The van der Waals surface area contributed by atoms with Crippen molar-refractivity contribution in [2.24, 2.45) is 0 Å². The third-order valence-corrected chi connectivity index (χ3v) is 3.20. The predicted molar refractivity (Wildman–Crippen MR) is 76.8 cm³/mol. The van der Waals surface area contributed by atoms with Crippen LogP contribution >= 0.6 is 0 Å². The maximum absolute atomic E-state index is 5.42. The fraction of sp³-hybridized carbons (Fsp3) is 0.500. The van der Waals surface area contributed by atoms with E-state index in [2.05, 4.69) is 27.5 Å². The van der Waals surface area contributed by atoms with Gasteiger partial charge in [-0.2, -0.15) is 0 Å². The first-order chi connectivity index (χ1) is 9.65. The lowest BCUT2D eigenvalue weighted by Crippen LogP contribution is -2.11. The lowest BCUT2D eigenvalue weighted by atomic mass is 10.1. The molecule has 0 saturated carbocycles. The number of methoxy groups -OCH3 is 1. The molecule has 2 aromatic heterocycles. The lowest BCUT2D eigenvalue weighted by molar-refractivity contribution is 0.406. The summed E-state index contributed by atoms with van der Waals surface area (Å²) in [6.45, 7) is 8.33. The van der Waals surface area contributed by atoms with Crippen molar-refractivity contribution in [3.05, 3.63) is 34.9 Å². The average molecular weight is 275 g/mol. The third-order valence-electron chi connectivity index (χ3n) is 3.20. The van der Waals surface area contributed by atoms with Crippen LogP contribution in [0.2, 0.25) is 0 Å². The van der Waals surface area contributed by atoms with Gasteiger partial charge in [-0.15, -0.1) is 5.10 Å². The highest BCUT2D eigenvalue weighted by Crippen LogP contribution is 2.24. The largest absolute Gasteiger partial charge is 0.496 e. The third kappa shape index (κ3) is 3.14. The minimum absolute atomic E-state index is 0.599. The van der Waals surface area contributed by atoms with E-state index < -0.39 is 0 Å². The van der Waals surface area contributed by atoms with Crippen molar-refractivity contribution in [1.82, 2.24) is 25.3 Å². The first-order valence-electron chi connectivity index (χ1n) is 6.74. The number of ether oxygens (including phenoxy) is 1. The molecule has 0 fully saturated rings. The van der Waals surface area contributed by atoms with E-state index in [-0.39, 0.29) is 0 Å². The molecule has 0 aliphatic heterocycles. The maximum atomic E-state index is 5.42. The zero-order valence-electron chi connectivity index (χ0n) is 12.5. The van der Waals surface area contributed by atoms with Crippen LogP contribution in [0.1, 0.15) is 29.4 Å². The number of hydrogen-bond donors (Lipinski definition) is 1. The van der Waals surface area contributed by atoms with Crippen molar-refractivity contribution in [1.29, 1.82) is 0 Å². The van der Waals surface area contributed by atoms with E-state index in [0.29, 0.717) is 6.54 Å². The van der Waals surface area contributed by atoms with Gasteiger partial charge in [-0.25, -0.2) is 4.68 Å². The van der Waals surface area contributed by atoms with Crippen LogP contribution in [0.3, 0.4) is 0 Å². The van der Waals surface area contributed by atoms with Gasteiger partial charge in [-0.05, 0) is 20.4 Å². The van der Waals surface area contributed by atoms with E-state index in [4.69, 9.17) is 4.74 Å². The molecule has 0 saturated heterocycles. The molecular weight excluding hydrogens is 254 g/mol. The summed E-state index contributed by atoms with van der Waals surface area (Å²) in [5.41, 5.74) is 3.98. The van der Waals surface area contributed by atoms with Gasteiger partial charge in [0.1, 0.15) is 5.75 Å². The van der Waals surface area contributed by atoms with Crippen LogP contribution in [-0.4, -0.2) is 33.6 Å². The first-order valence-corrected chi connectivity index (χ1v) is 6.74. The summed E-state index contributed by atoms with van der Waals surface area (Å²) in [5, 5.41) is 11.5. The highest BCUT2D eigenvalue weighted by Gasteiger charge is 2.10. The quantitative estimate of drug-likeness (QED) is 0.864. The van der Waals surface area contributed by atoms with E-state index in [1.807, 2.05) is 26.2 Å². The Hall–Kier alpha value is -1.95. The Labute approximate surface area is 119 Å². The molecule has 6 heteroatoms. The van der Waals surface area contributed by atoms with Gasteiger partial charge in [-0.3, -0.25) is 4.98 Å². The summed E-state index contributed by atoms with van der Waals surface area (Å²) < 4.78 is 7.22. The van der Waals surface area contributed by atoms with Gasteiger partial charge in [0.25, 0.3) is 0 Å². The Kier molecular flexibility index (Phi) is 4.68. The van der Waals surface area contributed by atoms with Crippen molar-refractivity contribution in [2.45, 2.75) is 33.9 Å². The molecule has 2 rings (SSSR count). The van der Waals surface area contributed by atoms with Crippen LogP contribution in [0.25, 0.3) is 0 Å². The van der Waals surface area contributed by atoms with Crippen LogP contribution in [0.4, 0.5) is 0 Å². The van der Waals surface area contributed by atoms with E-state index in [9.17, 15) is 0 Å². The molecule has 0 atom stereocenters. The van der Waals surface area contributed by atoms with E-state index >= 15 is 0 Å². The lowest BCUT2D eigenvalue weighted by Gasteiger charge is -2.11. The number of aryl methyl sites for hydroxylation is 1. The second kappa shape index (κ2) is 6.47. The molecule has 0 amide bonds. The van der Waals surface area contributed by atoms with Crippen LogP contribution in [0.15, 0.2) is 12.4 Å². The van der Waals surface area contributed by atoms with Gasteiger partial charge in [0.2, 0.25) is 0 Å². The number of hydrogen-bond acceptors (Lipinski definition) is 5. The minimum Gasteiger partial charge on any atom is -0.496 e. The number of pyridine rings is 1. The van der Waals surface area contributed by atoms with Crippen LogP contribution in [-0.2, 0) is 13.1 Å². The van der Waals surface area contributed by atoms with Gasteiger partial charge < -0.3 is 10.1 Å². The first kappa shape index (κ1) is 14.5. The highest BCUT2D eigenvalue weighted by atomic mass is 16.5. The van der Waals surface area contributed by atoms with Crippen LogP contribution < -0.4 is 10.1 Å². The molecule has 20 heavy (non-hydrogen) atoms. The second-order valence-electron chi connectivity index (χ2n) is 4.73. The smallest absolute Gasteiger partial charge is 0.128 e. The minimum atomic E-state index is 0.599. The van der Waals surface area contributed by atoms with Crippen molar-refractivity contribution in [3.8, 4) is 5.75 Å². The topological polar surface area (TPSA) is 64.9 Å². The SMILES string of the molecule is CCNCc1cn(Cc2ncc(C)c(OC)c2C)nn1. The van der Waals surface area contributed by atoms with Crippen molar-refractivity contribution < 1.29 is 4.74 Å². The number of aromatic nitrogens is 4. The molecule has 1 N–H and O–H groups in total. The highest BCUT2D eigenvalue weighted by molar-refractivity contribution is 5.41. The molecule has 108 valence electrons. The Bertz CT molecular complexity index is 579. The van der Waals surface area contributed by atoms with Crippen molar-refractivity contribution >= 4 is 0 Å². The summed E-state index contributed by atoms with van der Waals surface area (Å²) in [7, 11) is 1.68. The Balaban J connectivity index is 2.15. The van der Waals surface area contributed by atoms with Crippen molar-refractivity contribution in [2.75, 3.05) is 13.7 Å².